The Balaban J connectivity index is 2.20. The highest BCUT2D eigenvalue weighted by Crippen LogP contribution is 2.56. The minimum absolute atomic E-state index is 0.336. The summed E-state index contributed by atoms with van der Waals surface area (Å²) < 4.78 is 1.25. The Labute approximate surface area is 113 Å². The van der Waals surface area contributed by atoms with Gasteiger partial charge in [-0.15, -0.1) is 11.3 Å². The van der Waals surface area contributed by atoms with Gasteiger partial charge in [0.15, 0.2) is 0 Å². The monoisotopic (exact) mass is 297 g/mol. The van der Waals surface area contributed by atoms with Crippen LogP contribution in [0.2, 0.25) is 13.7 Å². The molecule has 16 heavy (non-hydrogen) atoms. The normalized spacial score (nSPS) is 24.7. The molecule has 0 saturated heterocycles. The van der Waals surface area contributed by atoms with Crippen molar-refractivity contribution in [3.63, 3.8) is 0 Å². The van der Waals surface area contributed by atoms with Gasteiger partial charge in [-0.2, -0.15) is 0 Å². The Morgan fingerprint density at radius 2 is 2.06 bits per heavy atom. The maximum Gasteiger partial charge on any atom is 0.113 e. The number of nitrogens with zero attached hydrogens (tertiary/aromatic N) is 1. The minimum Gasteiger partial charge on any atom is -0.399 e. The van der Waals surface area contributed by atoms with Crippen molar-refractivity contribution < 1.29 is 4.84 Å². The number of hydrogen-bond acceptors (Lipinski definition) is 3. The molecule has 2 rings (SSSR count). The molecule has 1 aromatic heterocycles. The van der Waals surface area contributed by atoms with Gasteiger partial charge in [0, 0.05) is 11.5 Å². The summed E-state index contributed by atoms with van der Waals surface area (Å²) in [4.78, 5) is 4.75. The number of hydrogen-bond donors (Lipinski definition) is 0. The molecule has 2 unspecified atom stereocenters. The molecule has 1 aromatic rings. The van der Waals surface area contributed by atoms with Crippen LogP contribution in [0.15, 0.2) is 5.16 Å². The molecule has 0 amide bonds. The third kappa shape index (κ3) is 2.19. The van der Waals surface area contributed by atoms with Gasteiger partial charge in [-0.3, -0.25) is 0 Å². The lowest BCUT2D eigenvalue weighted by Gasteiger charge is -1.99. The highest BCUT2D eigenvalue weighted by Gasteiger charge is 2.44. The van der Waals surface area contributed by atoms with Crippen molar-refractivity contribution in [3.8, 4) is 0 Å². The van der Waals surface area contributed by atoms with E-state index in [0.717, 1.165) is 17.7 Å². The molecule has 1 heterocycles. The molecule has 1 aliphatic rings. The van der Waals surface area contributed by atoms with Crippen LogP contribution in [0.3, 0.4) is 0 Å². The van der Waals surface area contributed by atoms with Crippen LogP contribution in [0.1, 0.15) is 24.8 Å². The fraction of sp³-hybridized carbons (Fsp3) is 0.500. The van der Waals surface area contributed by atoms with Crippen LogP contribution in [-0.2, 0) is 4.84 Å². The van der Waals surface area contributed by atoms with Crippen LogP contribution in [-0.4, -0.2) is 12.8 Å². The summed E-state index contributed by atoms with van der Waals surface area (Å²) in [5.74, 6) is 0.711. The van der Waals surface area contributed by atoms with Crippen LogP contribution in [0.5, 0.6) is 0 Å². The fourth-order valence-electron chi connectivity index (χ4n) is 1.87. The highest BCUT2D eigenvalue weighted by atomic mass is 35.5. The molecule has 0 radical (unpaired) electrons. The van der Waals surface area contributed by atoms with E-state index in [-0.39, 0.29) is 0 Å². The summed E-state index contributed by atoms with van der Waals surface area (Å²) in [6, 6.07) is 0. The molecule has 2 atom stereocenters. The molecule has 1 fully saturated rings. The first-order chi connectivity index (χ1) is 7.56. The highest BCUT2D eigenvalue weighted by molar-refractivity contribution is 7.20. The van der Waals surface area contributed by atoms with E-state index in [1.807, 2.05) is 6.92 Å². The molecular formula is C10H10Cl3NOS. The molecule has 1 saturated carbocycles. The molecule has 0 aromatic carbocycles. The molecule has 0 N–H and O–H groups in total. The van der Waals surface area contributed by atoms with E-state index in [4.69, 9.17) is 39.6 Å². The summed E-state index contributed by atoms with van der Waals surface area (Å²) in [5, 5.41) is 4.52. The molecule has 1 aliphatic carbocycles. The van der Waals surface area contributed by atoms with Crippen LogP contribution in [0, 0.1) is 5.92 Å². The maximum atomic E-state index is 6.12. The second kappa shape index (κ2) is 4.73. The number of rotatable bonds is 3. The van der Waals surface area contributed by atoms with E-state index in [1.54, 1.807) is 7.11 Å². The smallest absolute Gasteiger partial charge is 0.113 e. The van der Waals surface area contributed by atoms with Crippen LogP contribution in [0.4, 0.5) is 0 Å². The third-order valence-electron chi connectivity index (χ3n) is 2.73. The standard InChI is InChI=1S/C10H10Cl3NOS/c1-4(14-15-2)5-3-6(5)7-8(11)10(13)16-9(7)12/h5-6H,3H2,1-2H3/b14-4-. The predicted octanol–water partition coefficient (Wildman–Crippen LogP) is 4.83. The van der Waals surface area contributed by atoms with Crippen molar-refractivity contribution in [3.05, 3.63) is 19.3 Å². The fourth-order valence-corrected chi connectivity index (χ4v) is 3.96. The molecule has 2 nitrogen and oxygen atoms in total. The van der Waals surface area contributed by atoms with Gasteiger partial charge >= 0.3 is 0 Å². The Bertz CT molecular complexity index is 444. The third-order valence-corrected chi connectivity index (χ3v) is 4.97. The molecule has 88 valence electrons. The van der Waals surface area contributed by atoms with Crippen molar-refractivity contribution in [1.29, 1.82) is 0 Å². The van der Waals surface area contributed by atoms with Gasteiger partial charge in [0.25, 0.3) is 0 Å². The zero-order chi connectivity index (χ0) is 11.9. The van der Waals surface area contributed by atoms with E-state index >= 15 is 0 Å². The second-order valence-corrected chi connectivity index (χ2v) is 6.34. The quantitative estimate of drug-likeness (QED) is 0.578. The first-order valence-electron chi connectivity index (χ1n) is 4.77. The lowest BCUT2D eigenvalue weighted by molar-refractivity contribution is 0.212. The summed E-state index contributed by atoms with van der Waals surface area (Å²) in [7, 11) is 1.54. The first-order valence-corrected chi connectivity index (χ1v) is 6.72. The topological polar surface area (TPSA) is 21.6 Å². The SMILES string of the molecule is CO/N=C(/C)C1CC1c1c(Cl)sc(Cl)c1Cl. The molecule has 0 bridgehead atoms. The zero-order valence-corrected chi connectivity index (χ0v) is 11.8. The van der Waals surface area contributed by atoms with Crippen LogP contribution >= 0.6 is 46.1 Å². The first kappa shape index (κ1) is 12.5. The van der Waals surface area contributed by atoms with Gasteiger partial charge in [-0.25, -0.2) is 0 Å². The van der Waals surface area contributed by atoms with Gasteiger partial charge in [0.2, 0.25) is 0 Å². The Hall–Kier alpha value is 0.0400. The van der Waals surface area contributed by atoms with E-state index in [2.05, 4.69) is 5.16 Å². The van der Waals surface area contributed by atoms with Crippen molar-refractivity contribution in [1.82, 2.24) is 0 Å². The molecule has 6 heteroatoms. The Morgan fingerprint density at radius 3 is 2.56 bits per heavy atom. The number of oxime groups is 1. The average Bonchev–Trinajstić information content (AvgIpc) is 2.93. The summed E-state index contributed by atoms with van der Waals surface area (Å²) in [5.41, 5.74) is 1.94. The molecule has 0 spiro atoms. The van der Waals surface area contributed by atoms with Crippen LogP contribution in [0.25, 0.3) is 0 Å². The lowest BCUT2D eigenvalue weighted by atomic mass is 10.1. The lowest BCUT2D eigenvalue weighted by Crippen LogP contribution is -1.97. The molecule has 0 aliphatic heterocycles. The number of thiophene rings is 1. The van der Waals surface area contributed by atoms with Gasteiger partial charge in [-0.1, -0.05) is 40.0 Å². The van der Waals surface area contributed by atoms with Gasteiger partial charge in [-0.05, 0) is 19.3 Å². The average molecular weight is 299 g/mol. The molecular weight excluding hydrogens is 289 g/mol. The van der Waals surface area contributed by atoms with Crippen LogP contribution < -0.4 is 0 Å². The van der Waals surface area contributed by atoms with E-state index in [0.29, 0.717) is 25.5 Å². The van der Waals surface area contributed by atoms with Crippen molar-refractivity contribution in [2.24, 2.45) is 11.1 Å². The largest absolute Gasteiger partial charge is 0.399 e. The van der Waals surface area contributed by atoms with Crippen molar-refractivity contribution in [2.45, 2.75) is 19.3 Å². The minimum atomic E-state index is 0.336. The maximum absolute atomic E-state index is 6.12. The zero-order valence-electron chi connectivity index (χ0n) is 8.76. The number of halogens is 3. The Kier molecular flexibility index (Phi) is 3.69. The van der Waals surface area contributed by atoms with Gasteiger partial charge in [0.05, 0.1) is 15.1 Å². The summed E-state index contributed by atoms with van der Waals surface area (Å²) in [6.45, 7) is 1.95. The van der Waals surface area contributed by atoms with Gasteiger partial charge in [0.1, 0.15) is 11.4 Å². The second-order valence-electron chi connectivity index (χ2n) is 3.74. The van der Waals surface area contributed by atoms with Crippen molar-refractivity contribution >= 4 is 51.9 Å². The predicted molar refractivity (Wildman–Crippen MR) is 70.3 cm³/mol. The Morgan fingerprint density at radius 1 is 1.38 bits per heavy atom. The summed E-state index contributed by atoms with van der Waals surface area (Å²) >= 11 is 19.5. The van der Waals surface area contributed by atoms with E-state index in [1.165, 1.54) is 11.3 Å². The van der Waals surface area contributed by atoms with E-state index in [9.17, 15) is 0 Å². The van der Waals surface area contributed by atoms with E-state index < -0.39 is 0 Å². The van der Waals surface area contributed by atoms with Crippen molar-refractivity contribution in [2.75, 3.05) is 7.11 Å². The summed E-state index contributed by atoms with van der Waals surface area (Å²) in [6.07, 6.45) is 1.01. The van der Waals surface area contributed by atoms with Gasteiger partial charge < -0.3 is 4.84 Å².